The van der Waals surface area contributed by atoms with Crippen molar-refractivity contribution in [2.24, 2.45) is 0 Å². The van der Waals surface area contributed by atoms with Gasteiger partial charge in [-0.15, -0.1) is 11.3 Å². The number of carbonyl (C=O) groups is 2. The summed E-state index contributed by atoms with van der Waals surface area (Å²) in [5.74, 6) is -0.672. The van der Waals surface area contributed by atoms with Crippen LogP contribution in [0.2, 0.25) is 0 Å². The van der Waals surface area contributed by atoms with Crippen molar-refractivity contribution in [1.82, 2.24) is 9.88 Å². The van der Waals surface area contributed by atoms with E-state index in [2.05, 4.69) is 9.72 Å². The molecule has 0 atom stereocenters. The molecular weight excluding hydrogens is 240 g/mol. The molecule has 0 aliphatic rings. The van der Waals surface area contributed by atoms with E-state index in [1.54, 1.807) is 5.38 Å². The first-order valence-electron chi connectivity index (χ1n) is 5.25. The third-order valence-corrected chi connectivity index (χ3v) is 3.02. The molecule has 0 unspecified atom stereocenters. The zero-order chi connectivity index (χ0) is 13.0. The van der Waals surface area contributed by atoms with E-state index in [0.717, 1.165) is 5.01 Å². The average molecular weight is 256 g/mol. The highest BCUT2D eigenvalue weighted by Crippen LogP contribution is 2.12. The van der Waals surface area contributed by atoms with Crippen molar-refractivity contribution in [2.75, 3.05) is 13.7 Å². The minimum Gasteiger partial charge on any atom is -0.468 e. The van der Waals surface area contributed by atoms with Gasteiger partial charge in [0, 0.05) is 11.4 Å². The third kappa shape index (κ3) is 3.52. The van der Waals surface area contributed by atoms with E-state index < -0.39 is 5.97 Å². The van der Waals surface area contributed by atoms with Crippen LogP contribution in [0, 0.1) is 6.92 Å². The lowest BCUT2D eigenvalue weighted by molar-refractivity contribution is -0.141. The van der Waals surface area contributed by atoms with Gasteiger partial charge in [-0.05, 0) is 20.8 Å². The van der Waals surface area contributed by atoms with Gasteiger partial charge >= 0.3 is 5.97 Å². The third-order valence-electron chi connectivity index (χ3n) is 2.25. The van der Waals surface area contributed by atoms with E-state index in [9.17, 15) is 9.59 Å². The minimum atomic E-state index is -0.431. The summed E-state index contributed by atoms with van der Waals surface area (Å²) in [4.78, 5) is 28.9. The van der Waals surface area contributed by atoms with Gasteiger partial charge in [-0.3, -0.25) is 9.59 Å². The van der Waals surface area contributed by atoms with Crippen LogP contribution in [0.5, 0.6) is 0 Å². The quantitative estimate of drug-likeness (QED) is 0.765. The molecule has 1 aromatic rings. The molecule has 0 aliphatic heterocycles. The highest BCUT2D eigenvalue weighted by atomic mass is 32.1. The fraction of sp³-hybridized carbons (Fsp3) is 0.545. The average Bonchev–Trinajstić information content (AvgIpc) is 2.71. The van der Waals surface area contributed by atoms with Crippen molar-refractivity contribution >= 4 is 23.2 Å². The lowest BCUT2D eigenvalue weighted by Crippen LogP contribution is -2.41. The second kappa shape index (κ2) is 5.77. The Morgan fingerprint density at radius 3 is 2.59 bits per heavy atom. The Morgan fingerprint density at radius 1 is 1.53 bits per heavy atom. The minimum absolute atomic E-state index is 0.0520. The monoisotopic (exact) mass is 256 g/mol. The first kappa shape index (κ1) is 13.6. The van der Waals surface area contributed by atoms with Crippen LogP contribution in [-0.4, -0.2) is 41.5 Å². The van der Waals surface area contributed by atoms with Crippen molar-refractivity contribution in [1.29, 1.82) is 0 Å². The molecule has 1 aromatic heterocycles. The predicted molar refractivity (Wildman–Crippen MR) is 65.0 cm³/mol. The standard InChI is InChI=1S/C11H16N2O3S/c1-7(2)13(5-10(14)16-4)11(15)9-6-17-8(3)12-9/h6-7H,5H2,1-4H3. The van der Waals surface area contributed by atoms with Gasteiger partial charge < -0.3 is 9.64 Å². The number of ether oxygens (including phenoxy) is 1. The summed E-state index contributed by atoms with van der Waals surface area (Å²) in [6, 6.07) is -0.0800. The SMILES string of the molecule is COC(=O)CN(C(=O)c1csc(C)n1)C(C)C. The van der Waals surface area contributed by atoms with Gasteiger partial charge in [0.05, 0.1) is 12.1 Å². The fourth-order valence-corrected chi connectivity index (χ4v) is 1.89. The second-order valence-corrected chi connectivity index (χ2v) is 4.92. The van der Waals surface area contributed by atoms with Gasteiger partial charge in [-0.25, -0.2) is 4.98 Å². The molecule has 0 N–H and O–H groups in total. The van der Waals surface area contributed by atoms with Crippen molar-refractivity contribution in [3.63, 3.8) is 0 Å². The number of hydrogen-bond donors (Lipinski definition) is 0. The Balaban J connectivity index is 2.84. The molecule has 0 radical (unpaired) electrons. The van der Waals surface area contributed by atoms with Crippen LogP contribution in [-0.2, 0) is 9.53 Å². The summed E-state index contributed by atoms with van der Waals surface area (Å²) in [6.07, 6.45) is 0. The Labute approximate surface area is 104 Å². The summed E-state index contributed by atoms with van der Waals surface area (Å²) in [6.45, 7) is 5.48. The molecular formula is C11H16N2O3S. The maximum atomic E-state index is 12.1. The molecule has 94 valence electrons. The van der Waals surface area contributed by atoms with Gasteiger partial charge in [0.2, 0.25) is 0 Å². The van der Waals surface area contributed by atoms with E-state index in [1.165, 1.54) is 23.3 Å². The number of aromatic nitrogens is 1. The van der Waals surface area contributed by atoms with Crippen LogP contribution < -0.4 is 0 Å². The van der Waals surface area contributed by atoms with Crippen LogP contribution in [0.4, 0.5) is 0 Å². The first-order valence-corrected chi connectivity index (χ1v) is 6.13. The number of amides is 1. The number of methoxy groups -OCH3 is 1. The molecule has 1 heterocycles. The summed E-state index contributed by atoms with van der Waals surface area (Å²) >= 11 is 1.41. The summed E-state index contributed by atoms with van der Waals surface area (Å²) in [7, 11) is 1.30. The Morgan fingerprint density at radius 2 is 2.18 bits per heavy atom. The van der Waals surface area contributed by atoms with E-state index >= 15 is 0 Å². The first-order chi connectivity index (χ1) is 7.95. The summed E-state index contributed by atoms with van der Waals surface area (Å²) < 4.78 is 4.57. The Hall–Kier alpha value is -1.43. The van der Waals surface area contributed by atoms with E-state index in [0.29, 0.717) is 5.69 Å². The molecule has 6 heteroatoms. The summed E-state index contributed by atoms with van der Waals surface area (Å²) in [5, 5.41) is 2.53. The smallest absolute Gasteiger partial charge is 0.325 e. The Bertz CT molecular complexity index is 415. The van der Waals surface area contributed by atoms with Crippen molar-refractivity contribution < 1.29 is 14.3 Å². The lowest BCUT2D eigenvalue weighted by atomic mass is 10.3. The van der Waals surface area contributed by atoms with E-state index in [-0.39, 0.29) is 18.5 Å². The van der Waals surface area contributed by atoms with Crippen LogP contribution in [0.1, 0.15) is 29.3 Å². The molecule has 17 heavy (non-hydrogen) atoms. The molecule has 0 fully saturated rings. The van der Waals surface area contributed by atoms with Crippen LogP contribution in [0.15, 0.2) is 5.38 Å². The number of nitrogens with zero attached hydrogens (tertiary/aromatic N) is 2. The van der Waals surface area contributed by atoms with Gasteiger partial charge in [0.15, 0.2) is 0 Å². The molecule has 0 saturated heterocycles. The van der Waals surface area contributed by atoms with Gasteiger partial charge in [0.25, 0.3) is 5.91 Å². The number of rotatable bonds is 4. The number of esters is 1. The zero-order valence-corrected chi connectivity index (χ0v) is 11.2. The molecule has 1 rings (SSSR count). The predicted octanol–water partition coefficient (Wildman–Crippen LogP) is 1.48. The van der Waals surface area contributed by atoms with Crippen LogP contribution >= 0.6 is 11.3 Å². The number of hydrogen-bond acceptors (Lipinski definition) is 5. The maximum absolute atomic E-state index is 12.1. The molecule has 0 aliphatic carbocycles. The number of thiazole rings is 1. The largest absolute Gasteiger partial charge is 0.468 e. The van der Waals surface area contributed by atoms with Gasteiger partial charge in [-0.1, -0.05) is 0 Å². The van der Waals surface area contributed by atoms with Crippen LogP contribution in [0.3, 0.4) is 0 Å². The highest BCUT2D eigenvalue weighted by molar-refractivity contribution is 7.09. The molecule has 0 aromatic carbocycles. The molecule has 0 spiro atoms. The maximum Gasteiger partial charge on any atom is 0.325 e. The number of carbonyl (C=O) groups excluding carboxylic acids is 2. The normalized spacial score (nSPS) is 10.4. The summed E-state index contributed by atoms with van der Waals surface area (Å²) in [5.41, 5.74) is 0.380. The number of aryl methyl sites for hydroxylation is 1. The molecule has 1 amide bonds. The van der Waals surface area contributed by atoms with Crippen molar-refractivity contribution in [3.8, 4) is 0 Å². The Kier molecular flexibility index (Phi) is 4.62. The van der Waals surface area contributed by atoms with Crippen LogP contribution in [0.25, 0.3) is 0 Å². The topological polar surface area (TPSA) is 59.5 Å². The fourth-order valence-electron chi connectivity index (χ4n) is 1.30. The van der Waals surface area contributed by atoms with Crippen molar-refractivity contribution in [3.05, 3.63) is 16.1 Å². The molecule has 0 bridgehead atoms. The van der Waals surface area contributed by atoms with Gasteiger partial charge in [-0.2, -0.15) is 0 Å². The molecule has 5 nitrogen and oxygen atoms in total. The van der Waals surface area contributed by atoms with Gasteiger partial charge in [0.1, 0.15) is 12.2 Å². The molecule has 0 saturated carbocycles. The zero-order valence-electron chi connectivity index (χ0n) is 10.4. The lowest BCUT2D eigenvalue weighted by Gasteiger charge is -2.24. The van der Waals surface area contributed by atoms with E-state index in [4.69, 9.17) is 0 Å². The second-order valence-electron chi connectivity index (χ2n) is 3.85. The van der Waals surface area contributed by atoms with E-state index in [1.807, 2.05) is 20.8 Å². The van der Waals surface area contributed by atoms with Crippen molar-refractivity contribution in [2.45, 2.75) is 26.8 Å². The highest BCUT2D eigenvalue weighted by Gasteiger charge is 2.23.